The molecule has 1 saturated heterocycles. The van der Waals surface area contributed by atoms with E-state index in [4.69, 9.17) is 9.47 Å². The van der Waals surface area contributed by atoms with E-state index in [-0.39, 0.29) is 29.6 Å². The van der Waals surface area contributed by atoms with Crippen molar-refractivity contribution < 1.29 is 19.1 Å². The summed E-state index contributed by atoms with van der Waals surface area (Å²) in [6, 6.07) is 13.7. The number of nitrogens with one attached hydrogen (secondary N) is 1. The van der Waals surface area contributed by atoms with Crippen LogP contribution in [0, 0.1) is 12.8 Å². The summed E-state index contributed by atoms with van der Waals surface area (Å²) in [5, 5.41) is 3.06. The Morgan fingerprint density at radius 2 is 1.80 bits per heavy atom. The molecule has 0 bridgehead atoms. The van der Waals surface area contributed by atoms with E-state index in [1.165, 1.54) is 0 Å². The van der Waals surface area contributed by atoms with Crippen LogP contribution in [0.5, 0.6) is 11.5 Å². The number of anilines is 1. The molecule has 0 radical (unpaired) electrons. The van der Waals surface area contributed by atoms with Crippen molar-refractivity contribution in [2.75, 3.05) is 31.2 Å². The monoisotopic (exact) mass is 408 g/mol. The van der Waals surface area contributed by atoms with E-state index in [0.717, 1.165) is 28.3 Å². The van der Waals surface area contributed by atoms with Crippen molar-refractivity contribution in [2.45, 2.75) is 32.6 Å². The van der Waals surface area contributed by atoms with Crippen LogP contribution in [0.4, 0.5) is 5.69 Å². The van der Waals surface area contributed by atoms with Crippen LogP contribution >= 0.6 is 0 Å². The molecule has 1 atom stereocenters. The maximum Gasteiger partial charge on any atom is 0.227 e. The minimum absolute atomic E-state index is 0.00917. The first-order valence-electron chi connectivity index (χ1n) is 10.4. The van der Waals surface area contributed by atoms with Gasteiger partial charge in [0.1, 0.15) is 13.2 Å². The molecule has 2 aliphatic rings. The maximum atomic E-state index is 12.8. The SMILES string of the molecule is Cc1ccc(N2CC(C(=O)NCC(C)(C)c3ccc4c(c3)OCCO4)CC2=O)cc1. The van der Waals surface area contributed by atoms with Crippen LogP contribution in [0.2, 0.25) is 0 Å². The summed E-state index contributed by atoms with van der Waals surface area (Å²) in [4.78, 5) is 27.0. The normalized spacial score (nSPS) is 18.4. The molecular weight excluding hydrogens is 380 g/mol. The summed E-state index contributed by atoms with van der Waals surface area (Å²) in [7, 11) is 0. The minimum Gasteiger partial charge on any atom is -0.486 e. The van der Waals surface area contributed by atoms with E-state index in [1.807, 2.05) is 49.4 Å². The Morgan fingerprint density at radius 1 is 1.10 bits per heavy atom. The molecule has 4 rings (SSSR count). The van der Waals surface area contributed by atoms with Crippen LogP contribution < -0.4 is 19.7 Å². The summed E-state index contributed by atoms with van der Waals surface area (Å²) in [6.45, 7) is 8.16. The molecule has 0 saturated carbocycles. The number of amides is 2. The van der Waals surface area contributed by atoms with Gasteiger partial charge >= 0.3 is 0 Å². The topological polar surface area (TPSA) is 67.9 Å². The summed E-state index contributed by atoms with van der Waals surface area (Å²) in [5.74, 6) is 1.07. The van der Waals surface area contributed by atoms with Gasteiger partial charge in [0.05, 0.1) is 5.92 Å². The second-order valence-electron chi connectivity index (χ2n) is 8.70. The van der Waals surface area contributed by atoms with Crippen molar-refractivity contribution in [2.24, 2.45) is 5.92 Å². The number of ether oxygens (including phenoxy) is 2. The Kier molecular flexibility index (Phi) is 5.41. The molecule has 1 unspecified atom stereocenters. The van der Waals surface area contributed by atoms with Gasteiger partial charge < -0.3 is 19.7 Å². The second kappa shape index (κ2) is 8.01. The number of hydrogen-bond donors (Lipinski definition) is 1. The van der Waals surface area contributed by atoms with E-state index in [1.54, 1.807) is 4.90 Å². The molecule has 2 aromatic carbocycles. The van der Waals surface area contributed by atoms with E-state index in [9.17, 15) is 9.59 Å². The first kappa shape index (κ1) is 20.3. The zero-order chi connectivity index (χ0) is 21.3. The Labute approximate surface area is 177 Å². The average Bonchev–Trinajstić information content (AvgIpc) is 3.14. The Bertz CT molecular complexity index is 952. The predicted molar refractivity (Wildman–Crippen MR) is 115 cm³/mol. The Hall–Kier alpha value is -3.02. The number of aryl methyl sites for hydroxylation is 1. The maximum absolute atomic E-state index is 12.8. The number of nitrogens with zero attached hydrogens (tertiary/aromatic N) is 1. The minimum atomic E-state index is -0.338. The van der Waals surface area contributed by atoms with Gasteiger partial charge in [-0.25, -0.2) is 0 Å². The van der Waals surface area contributed by atoms with Crippen LogP contribution in [-0.2, 0) is 15.0 Å². The second-order valence-corrected chi connectivity index (χ2v) is 8.70. The number of fused-ring (bicyclic) bond motifs is 1. The Morgan fingerprint density at radius 3 is 2.53 bits per heavy atom. The first-order chi connectivity index (χ1) is 14.3. The molecule has 0 aromatic heterocycles. The van der Waals surface area contributed by atoms with Crippen LogP contribution in [0.25, 0.3) is 0 Å². The summed E-state index contributed by atoms with van der Waals surface area (Å²) in [5.41, 5.74) is 2.76. The number of carbonyl (C=O) groups is 2. The highest BCUT2D eigenvalue weighted by atomic mass is 16.6. The molecule has 0 spiro atoms. The van der Waals surface area contributed by atoms with Crippen molar-refractivity contribution in [3.8, 4) is 11.5 Å². The first-order valence-corrected chi connectivity index (χ1v) is 10.4. The number of carbonyl (C=O) groups excluding carboxylic acids is 2. The zero-order valence-electron chi connectivity index (χ0n) is 17.7. The lowest BCUT2D eigenvalue weighted by Crippen LogP contribution is -2.40. The van der Waals surface area contributed by atoms with Gasteiger partial charge in [0.2, 0.25) is 11.8 Å². The highest BCUT2D eigenvalue weighted by Crippen LogP contribution is 2.35. The van der Waals surface area contributed by atoms with Crippen molar-refractivity contribution in [3.05, 3.63) is 53.6 Å². The lowest BCUT2D eigenvalue weighted by molar-refractivity contribution is -0.126. The lowest BCUT2D eigenvalue weighted by Gasteiger charge is -2.28. The fraction of sp³-hybridized carbons (Fsp3) is 0.417. The van der Waals surface area contributed by atoms with Gasteiger partial charge in [0, 0.05) is 30.6 Å². The third-order valence-electron chi connectivity index (χ3n) is 5.87. The number of rotatable bonds is 5. The molecule has 2 aliphatic heterocycles. The predicted octanol–water partition coefficient (Wildman–Crippen LogP) is 3.21. The third kappa shape index (κ3) is 4.13. The van der Waals surface area contributed by atoms with E-state index < -0.39 is 0 Å². The zero-order valence-corrected chi connectivity index (χ0v) is 17.7. The molecule has 0 aliphatic carbocycles. The van der Waals surface area contributed by atoms with Gasteiger partial charge in [-0.05, 0) is 36.8 Å². The lowest BCUT2D eigenvalue weighted by atomic mass is 9.84. The largest absolute Gasteiger partial charge is 0.486 e. The van der Waals surface area contributed by atoms with Gasteiger partial charge in [-0.2, -0.15) is 0 Å². The molecule has 2 heterocycles. The van der Waals surface area contributed by atoms with E-state index in [0.29, 0.717) is 26.3 Å². The molecule has 2 aromatic rings. The van der Waals surface area contributed by atoms with Gasteiger partial charge in [0.25, 0.3) is 0 Å². The summed E-state index contributed by atoms with van der Waals surface area (Å²) < 4.78 is 11.3. The summed E-state index contributed by atoms with van der Waals surface area (Å²) in [6.07, 6.45) is 0.240. The van der Waals surface area contributed by atoms with Gasteiger partial charge in [-0.15, -0.1) is 0 Å². The van der Waals surface area contributed by atoms with Crippen LogP contribution in [-0.4, -0.2) is 38.1 Å². The van der Waals surface area contributed by atoms with Crippen molar-refractivity contribution in [1.29, 1.82) is 0 Å². The Balaban J connectivity index is 1.38. The van der Waals surface area contributed by atoms with Crippen molar-refractivity contribution in [3.63, 3.8) is 0 Å². The standard InChI is InChI=1S/C24H28N2O4/c1-16-4-7-19(8-5-16)26-14-17(12-22(26)27)23(28)25-15-24(2,3)18-6-9-20-21(13-18)30-11-10-29-20/h4-9,13,17H,10-12,14-15H2,1-3H3,(H,25,28). The quantitative estimate of drug-likeness (QED) is 0.825. The summed E-state index contributed by atoms with van der Waals surface area (Å²) >= 11 is 0. The highest BCUT2D eigenvalue weighted by Gasteiger charge is 2.35. The molecule has 6 heteroatoms. The van der Waals surface area contributed by atoms with E-state index >= 15 is 0 Å². The number of benzene rings is 2. The number of hydrogen-bond acceptors (Lipinski definition) is 4. The van der Waals surface area contributed by atoms with Crippen LogP contribution in [0.1, 0.15) is 31.4 Å². The molecule has 6 nitrogen and oxygen atoms in total. The molecule has 1 fully saturated rings. The van der Waals surface area contributed by atoms with Gasteiger partial charge in [0.15, 0.2) is 11.5 Å². The average molecular weight is 408 g/mol. The molecule has 1 N–H and O–H groups in total. The molecule has 2 amide bonds. The fourth-order valence-corrected chi connectivity index (χ4v) is 3.88. The van der Waals surface area contributed by atoms with E-state index in [2.05, 4.69) is 19.2 Å². The van der Waals surface area contributed by atoms with Crippen LogP contribution in [0.15, 0.2) is 42.5 Å². The molecular formula is C24H28N2O4. The van der Waals surface area contributed by atoms with Crippen LogP contribution in [0.3, 0.4) is 0 Å². The van der Waals surface area contributed by atoms with Gasteiger partial charge in [-0.3, -0.25) is 9.59 Å². The van der Waals surface area contributed by atoms with Gasteiger partial charge in [-0.1, -0.05) is 37.6 Å². The highest BCUT2D eigenvalue weighted by molar-refractivity contribution is 6.00. The fourth-order valence-electron chi connectivity index (χ4n) is 3.88. The van der Waals surface area contributed by atoms with Crippen molar-refractivity contribution >= 4 is 17.5 Å². The van der Waals surface area contributed by atoms with Crippen molar-refractivity contribution in [1.82, 2.24) is 5.32 Å². The molecule has 158 valence electrons. The smallest absolute Gasteiger partial charge is 0.227 e. The molecule has 30 heavy (non-hydrogen) atoms. The third-order valence-corrected chi connectivity index (χ3v) is 5.87.